The number of hydrogen-bond donors (Lipinski definition) is 3. The third kappa shape index (κ3) is 34.9. The first-order valence-electron chi connectivity index (χ1n) is 21.9. The van der Waals surface area contributed by atoms with Crippen molar-refractivity contribution in [1.82, 2.24) is 5.32 Å². The lowest BCUT2D eigenvalue weighted by Gasteiger charge is -2.24. The first-order chi connectivity index (χ1) is 25.5. The number of carbonyl (C=O) groups is 2. The van der Waals surface area contributed by atoms with Crippen LogP contribution < -0.4 is 5.32 Å². The van der Waals surface area contributed by atoms with Crippen LogP contribution in [0.5, 0.6) is 0 Å². The number of aliphatic hydroxyl groups excluding tert-OH is 2. The van der Waals surface area contributed by atoms with Crippen LogP contribution >= 0.6 is 0 Å². The van der Waals surface area contributed by atoms with Gasteiger partial charge in [-0.2, -0.15) is 0 Å². The summed E-state index contributed by atoms with van der Waals surface area (Å²) in [4.78, 5) is 25.9. The van der Waals surface area contributed by atoms with Gasteiger partial charge in [-0.05, 0) is 44.9 Å². The van der Waals surface area contributed by atoms with E-state index >= 15 is 0 Å². The quantitative estimate of drug-likeness (QED) is 0.0334. The maximum atomic E-state index is 13.1. The lowest BCUT2D eigenvalue weighted by molar-refractivity contribution is -0.151. The highest BCUT2D eigenvalue weighted by Gasteiger charge is 2.24. The van der Waals surface area contributed by atoms with Gasteiger partial charge in [0.05, 0.1) is 25.2 Å². The molecule has 3 N–H and O–H groups in total. The molecule has 0 aliphatic carbocycles. The van der Waals surface area contributed by atoms with Gasteiger partial charge in [-0.3, -0.25) is 9.59 Å². The van der Waals surface area contributed by atoms with Gasteiger partial charge in [0.2, 0.25) is 5.91 Å². The van der Waals surface area contributed by atoms with Crippen LogP contribution in [0, 0.1) is 0 Å². The first-order valence-corrected chi connectivity index (χ1v) is 21.9. The fourth-order valence-electron chi connectivity index (χ4n) is 6.44. The summed E-state index contributed by atoms with van der Waals surface area (Å²) in [6.45, 7) is 6.29. The number of ether oxygens (including phenoxy) is 1. The van der Waals surface area contributed by atoms with Crippen LogP contribution in [0.25, 0.3) is 0 Å². The zero-order chi connectivity index (χ0) is 38.2. The standard InChI is InChI=1S/C46H83NO5/c1-4-7-10-13-16-19-21-22-24-26-28-31-34-37-42(52-46(51)39-36-33-30-25-18-15-12-9-6-3)40-45(50)47-43(41-48)44(49)38-35-32-29-27-23-20-17-14-11-8-5-2/h7,10,13,16,19,21-22,24,42-44,48-49H,4-6,8-9,11-12,14-15,17-18,20,23,25-41H2,1-3H3,(H,47,50)/b10-7+,16-13+,21-19+,24-22-. The van der Waals surface area contributed by atoms with Crippen molar-refractivity contribution in [3.05, 3.63) is 48.6 Å². The average molecular weight is 730 g/mol. The van der Waals surface area contributed by atoms with Crippen LogP contribution in [-0.2, 0) is 14.3 Å². The van der Waals surface area contributed by atoms with E-state index in [0.29, 0.717) is 19.3 Å². The van der Waals surface area contributed by atoms with E-state index in [9.17, 15) is 19.8 Å². The van der Waals surface area contributed by atoms with Crippen LogP contribution in [0.2, 0.25) is 0 Å². The number of aliphatic hydroxyl groups is 2. The summed E-state index contributed by atoms with van der Waals surface area (Å²) in [6.07, 6.45) is 46.0. The fourth-order valence-corrected chi connectivity index (χ4v) is 6.44. The molecule has 0 spiro atoms. The Bertz CT molecular complexity index is 910. The number of carbonyl (C=O) groups excluding carboxylic acids is 2. The molecule has 0 heterocycles. The lowest BCUT2D eigenvalue weighted by Crippen LogP contribution is -2.46. The summed E-state index contributed by atoms with van der Waals surface area (Å²) in [5.74, 6) is -0.517. The third-order valence-electron chi connectivity index (χ3n) is 9.77. The Labute approximate surface area is 321 Å². The van der Waals surface area contributed by atoms with Gasteiger partial charge in [-0.1, -0.05) is 198 Å². The van der Waals surface area contributed by atoms with Gasteiger partial charge in [-0.25, -0.2) is 0 Å². The Balaban J connectivity index is 4.67. The molecule has 6 nitrogen and oxygen atoms in total. The minimum absolute atomic E-state index is 0.0524. The van der Waals surface area contributed by atoms with Crippen molar-refractivity contribution in [1.29, 1.82) is 0 Å². The van der Waals surface area contributed by atoms with Crippen LogP contribution in [0.3, 0.4) is 0 Å². The molecular formula is C46H83NO5. The van der Waals surface area contributed by atoms with Crippen molar-refractivity contribution in [2.24, 2.45) is 0 Å². The lowest BCUT2D eigenvalue weighted by atomic mass is 10.0. The van der Waals surface area contributed by atoms with Gasteiger partial charge >= 0.3 is 5.97 Å². The van der Waals surface area contributed by atoms with Crippen molar-refractivity contribution in [2.45, 2.75) is 225 Å². The van der Waals surface area contributed by atoms with Crippen molar-refractivity contribution >= 4 is 11.9 Å². The van der Waals surface area contributed by atoms with Crippen molar-refractivity contribution in [3.8, 4) is 0 Å². The molecule has 3 unspecified atom stereocenters. The summed E-state index contributed by atoms with van der Waals surface area (Å²) >= 11 is 0. The topological polar surface area (TPSA) is 95.9 Å². The summed E-state index contributed by atoms with van der Waals surface area (Å²) < 4.78 is 5.86. The highest BCUT2D eigenvalue weighted by Crippen LogP contribution is 2.17. The predicted molar refractivity (Wildman–Crippen MR) is 222 cm³/mol. The third-order valence-corrected chi connectivity index (χ3v) is 9.77. The molecule has 0 rings (SSSR count). The largest absolute Gasteiger partial charge is 0.462 e. The normalized spacial score (nSPS) is 13.9. The highest BCUT2D eigenvalue weighted by molar-refractivity contribution is 5.77. The van der Waals surface area contributed by atoms with Crippen LogP contribution in [0.1, 0.15) is 207 Å². The molecule has 0 radical (unpaired) electrons. The van der Waals surface area contributed by atoms with Crippen molar-refractivity contribution < 1.29 is 24.5 Å². The monoisotopic (exact) mass is 730 g/mol. The van der Waals surface area contributed by atoms with Gasteiger partial charge in [0, 0.05) is 6.42 Å². The van der Waals surface area contributed by atoms with Crippen LogP contribution in [0.15, 0.2) is 48.6 Å². The molecule has 0 aromatic heterocycles. The average Bonchev–Trinajstić information content (AvgIpc) is 3.13. The molecule has 302 valence electrons. The maximum Gasteiger partial charge on any atom is 0.306 e. The van der Waals surface area contributed by atoms with Crippen LogP contribution in [0.4, 0.5) is 0 Å². The Morgan fingerprint density at radius 1 is 0.577 bits per heavy atom. The minimum Gasteiger partial charge on any atom is -0.462 e. The maximum absolute atomic E-state index is 13.1. The molecule has 0 aromatic carbocycles. The van der Waals surface area contributed by atoms with E-state index in [2.05, 4.69) is 44.3 Å². The Morgan fingerprint density at radius 3 is 1.58 bits per heavy atom. The van der Waals surface area contributed by atoms with Crippen molar-refractivity contribution in [3.63, 3.8) is 0 Å². The molecule has 1 amide bonds. The predicted octanol–water partition coefficient (Wildman–Crippen LogP) is 12.3. The highest BCUT2D eigenvalue weighted by atomic mass is 16.5. The Morgan fingerprint density at radius 2 is 1.04 bits per heavy atom. The Hall–Kier alpha value is -2.18. The van der Waals surface area contributed by atoms with E-state index in [1.807, 2.05) is 30.4 Å². The van der Waals surface area contributed by atoms with Gasteiger partial charge in [-0.15, -0.1) is 0 Å². The van der Waals surface area contributed by atoms with Crippen LogP contribution in [-0.4, -0.2) is 46.9 Å². The molecule has 0 aliphatic heterocycles. The number of allylic oxidation sites excluding steroid dienone is 8. The minimum atomic E-state index is -0.794. The summed E-state index contributed by atoms with van der Waals surface area (Å²) in [5, 5.41) is 23.6. The van der Waals surface area contributed by atoms with Gasteiger partial charge in [0.15, 0.2) is 0 Å². The second-order valence-corrected chi connectivity index (χ2v) is 14.8. The molecule has 6 heteroatoms. The van der Waals surface area contributed by atoms with E-state index in [1.54, 1.807) is 0 Å². The van der Waals surface area contributed by atoms with E-state index in [1.165, 1.54) is 89.9 Å². The summed E-state index contributed by atoms with van der Waals surface area (Å²) in [5.41, 5.74) is 0. The number of amides is 1. The molecule has 0 bridgehead atoms. The summed E-state index contributed by atoms with van der Waals surface area (Å²) in [6, 6.07) is -0.710. The molecule has 3 atom stereocenters. The zero-order valence-corrected chi connectivity index (χ0v) is 34.2. The summed E-state index contributed by atoms with van der Waals surface area (Å²) in [7, 11) is 0. The Kier molecular flexibility index (Phi) is 38.3. The molecule has 52 heavy (non-hydrogen) atoms. The molecule has 0 aliphatic rings. The molecular weight excluding hydrogens is 647 g/mol. The number of esters is 1. The smallest absolute Gasteiger partial charge is 0.306 e. The van der Waals surface area contributed by atoms with Gasteiger partial charge < -0.3 is 20.3 Å². The van der Waals surface area contributed by atoms with E-state index in [0.717, 1.165) is 70.6 Å². The van der Waals surface area contributed by atoms with Gasteiger partial charge in [0.25, 0.3) is 0 Å². The second kappa shape index (κ2) is 40.0. The van der Waals surface area contributed by atoms with E-state index in [4.69, 9.17) is 4.74 Å². The van der Waals surface area contributed by atoms with E-state index in [-0.39, 0.29) is 24.9 Å². The number of nitrogens with one attached hydrogen (secondary N) is 1. The fraction of sp³-hybridized carbons (Fsp3) is 0.783. The number of hydrogen-bond acceptors (Lipinski definition) is 5. The molecule has 0 saturated heterocycles. The number of unbranched alkanes of at least 4 members (excludes halogenated alkanes) is 21. The molecule has 0 fully saturated rings. The van der Waals surface area contributed by atoms with Crippen molar-refractivity contribution in [2.75, 3.05) is 6.61 Å². The zero-order valence-electron chi connectivity index (χ0n) is 34.2. The SMILES string of the molecule is CC/C=C/C=C/C=C/C=C\CCCCCC(CC(=O)NC(CO)C(O)CCCCCCCCCCCCC)OC(=O)CCCCCCCCCCC. The first kappa shape index (κ1) is 49.8. The molecule has 0 aromatic rings. The second-order valence-electron chi connectivity index (χ2n) is 14.8. The number of rotatable bonds is 38. The molecule has 0 saturated carbocycles. The van der Waals surface area contributed by atoms with Gasteiger partial charge in [0.1, 0.15) is 6.10 Å². The van der Waals surface area contributed by atoms with E-state index < -0.39 is 18.2 Å².